The molecule has 8 nitrogen and oxygen atoms in total. The van der Waals surface area contributed by atoms with Gasteiger partial charge in [0, 0.05) is 24.0 Å². The third kappa shape index (κ3) is 2.95. The third-order valence-electron chi connectivity index (χ3n) is 5.39. The zero-order chi connectivity index (χ0) is 19.1. The fourth-order valence-electron chi connectivity index (χ4n) is 3.93. The van der Waals surface area contributed by atoms with E-state index in [0.29, 0.717) is 24.3 Å². The van der Waals surface area contributed by atoms with Crippen LogP contribution in [-0.4, -0.2) is 44.9 Å². The van der Waals surface area contributed by atoms with Crippen molar-refractivity contribution in [3.05, 3.63) is 63.8 Å². The summed E-state index contributed by atoms with van der Waals surface area (Å²) in [4.78, 5) is 33.8. The predicted molar refractivity (Wildman–Crippen MR) is 101 cm³/mol. The second kappa shape index (κ2) is 6.79. The van der Waals surface area contributed by atoms with Crippen molar-refractivity contribution in [3.63, 3.8) is 0 Å². The molecule has 1 aliphatic carbocycles. The number of hydrogen-bond donors (Lipinski definition) is 1. The number of nitrogens with zero attached hydrogens (tertiary/aromatic N) is 4. The van der Waals surface area contributed by atoms with Crippen molar-refractivity contribution in [2.24, 2.45) is 0 Å². The van der Waals surface area contributed by atoms with Gasteiger partial charge in [-0.2, -0.15) is 5.10 Å². The van der Waals surface area contributed by atoms with Crippen LogP contribution in [-0.2, 0) is 17.6 Å². The summed E-state index contributed by atoms with van der Waals surface area (Å²) < 4.78 is 7.05. The number of nitrogens with one attached hydrogen (secondary N) is 1. The van der Waals surface area contributed by atoms with E-state index < -0.39 is 0 Å². The number of rotatable bonds is 3. The van der Waals surface area contributed by atoms with Gasteiger partial charge in [0.25, 0.3) is 11.5 Å². The maximum absolute atomic E-state index is 12.8. The Morgan fingerprint density at radius 3 is 2.86 bits per heavy atom. The molecule has 3 heterocycles. The van der Waals surface area contributed by atoms with Crippen LogP contribution >= 0.6 is 0 Å². The first-order valence-corrected chi connectivity index (χ1v) is 9.40. The van der Waals surface area contributed by atoms with E-state index in [4.69, 9.17) is 4.74 Å². The normalized spacial score (nSPS) is 21.0. The molecule has 1 N–H and O–H groups in total. The van der Waals surface area contributed by atoms with Crippen molar-refractivity contribution in [3.8, 4) is 0 Å². The Morgan fingerprint density at radius 1 is 1.11 bits per heavy atom. The SMILES string of the molecule is O=C(NC1COCC1n1nc2c(cc1=O)CCC2)c1ccc2nccnc2c1. The van der Waals surface area contributed by atoms with Crippen molar-refractivity contribution in [2.75, 3.05) is 13.2 Å². The van der Waals surface area contributed by atoms with Gasteiger partial charge in [-0.3, -0.25) is 19.6 Å². The molecule has 8 heteroatoms. The van der Waals surface area contributed by atoms with Crippen LogP contribution in [0.25, 0.3) is 11.0 Å². The van der Waals surface area contributed by atoms with Crippen molar-refractivity contribution < 1.29 is 9.53 Å². The summed E-state index contributed by atoms with van der Waals surface area (Å²) in [5.74, 6) is -0.234. The van der Waals surface area contributed by atoms with Crippen molar-refractivity contribution >= 4 is 16.9 Å². The minimum Gasteiger partial charge on any atom is -0.377 e. The number of carbonyl (C=O) groups is 1. The molecule has 1 aliphatic heterocycles. The van der Waals surface area contributed by atoms with Crippen LogP contribution in [0.1, 0.15) is 34.1 Å². The summed E-state index contributed by atoms with van der Waals surface area (Å²) in [6.07, 6.45) is 6.03. The van der Waals surface area contributed by atoms with E-state index in [-0.39, 0.29) is 23.6 Å². The summed E-state index contributed by atoms with van der Waals surface area (Å²) in [5.41, 5.74) is 3.76. The molecular formula is C20H19N5O3. The lowest BCUT2D eigenvalue weighted by Gasteiger charge is -2.21. The smallest absolute Gasteiger partial charge is 0.267 e. The van der Waals surface area contributed by atoms with Crippen LogP contribution in [0.5, 0.6) is 0 Å². The monoisotopic (exact) mass is 377 g/mol. The van der Waals surface area contributed by atoms with Gasteiger partial charge in [-0.1, -0.05) is 0 Å². The summed E-state index contributed by atoms with van der Waals surface area (Å²) in [5, 5.41) is 7.55. The number of amides is 1. The molecule has 2 unspecified atom stereocenters. The number of fused-ring (bicyclic) bond motifs is 2. The van der Waals surface area contributed by atoms with E-state index in [2.05, 4.69) is 20.4 Å². The molecule has 0 spiro atoms. The summed E-state index contributed by atoms with van der Waals surface area (Å²) in [7, 11) is 0. The number of carbonyl (C=O) groups excluding carboxylic acids is 1. The van der Waals surface area contributed by atoms with Crippen LogP contribution in [0, 0.1) is 0 Å². The quantitative estimate of drug-likeness (QED) is 0.732. The largest absolute Gasteiger partial charge is 0.377 e. The van der Waals surface area contributed by atoms with Gasteiger partial charge >= 0.3 is 0 Å². The first-order valence-electron chi connectivity index (χ1n) is 9.40. The average Bonchev–Trinajstić information content (AvgIpc) is 3.35. The Bertz CT molecular complexity index is 1130. The minimum absolute atomic E-state index is 0.142. The maximum atomic E-state index is 12.8. The summed E-state index contributed by atoms with van der Waals surface area (Å²) >= 11 is 0. The minimum atomic E-state index is -0.324. The fourth-order valence-corrected chi connectivity index (χ4v) is 3.93. The van der Waals surface area contributed by atoms with E-state index in [0.717, 1.165) is 36.0 Å². The first kappa shape index (κ1) is 17.0. The predicted octanol–water partition coefficient (Wildman–Crippen LogP) is 1.05. The highest BCUT2D eigenvalue weighted by Crippen LogP contribution is 2.22. The van der Waals surface area contributed by atoms with Crippen molar-refractivity contribution in [2.45, 2.75) is 31.3 Å². The first-order chi connectivity index (χ1) is 13.7. The van der Waals surface area contributed by atoms with Crippen LogP contribution in [0.3, 0.4) is 0 Å². The van der Waals surface area contributed by atoms with Gasteiger partial charge in [-0.15, -0.1) is 0 Å². The molecule has 1 fully saturated rings. The molecule has 142 valence electrons. The number of aromatic nitrogens is 4. The van der Waals surface area contributed by atoms with Gasteiger partial charge in [0.05, 0.1) is 36.0 Å². The zero-order valence-electron chi connectivity index (χ0n) is 15.2. The van der Waals surface area contributed by atoms with Gasteiger partial charge in [0.1, 0.15) is 6.04 Å². The Morgan fingerprint density at radius 2 is 1.96 bits per heavy atom. The number of ether oxygens (including phenoxy) is 1. The molecule has 2 atom stereocenters. The van der Waals surface area contributed by atoms with Gasteiger partial charge in [-0.05, 0) is 43.0 Å². The maximum Gasteiger partial charge on any atom is 0.267 e. The molecule has 28 heavy (non-hydrogen) atoms. The van der Waals surface area contributed by atoms with Gasteiger partial charge < -0.3 is 10.1 Å². The van der Waals surface area contributed by atoms with Gasteiger partial charge in [-0.25, -0.2) is 4.68 Å². The standard InChI is InChI=1S/C20H19N5O3/c26-19-9-12-2-1-3-14(12)24-25(19)18-11-28-10-17(18)23-20(27)13-4-5-15-16(8-13)22-7-6-21-15/h4-9,17-18H,1-3,10-11H2,(H,23,27). The van der Waals surface area contributed by atoms with Crippen molar-refractivity contribution in [1.82, 2.24) is 25.1 Å². The molecule has 1 amide bonds. The second-order valence-electron chi connectivity index (χ2n) is 7.20. The number of hydrogen-bond acceptors (Lipinski definition) is 6. The Labute approximate surface area is 160 Å². The van der Waals surface area contributed by atoms with Crippen LogP contribution in [0.4, 0.5) is 0 Å². The highest BCUT2D eigenvalue weighted by Gasteiger charge is 2.33. The number of aryl methyl sites for hydroxylation is 2. The Hall–Kier alpha value is -3.13. The zero-order valence-corrected chi connectivity index (χ0v) is 15.2. The van der Waals surface area contributed by atoms with E-state index in [1.54, 1.807) is 36.7 Å². The molecule has 0 bridgehead atoms. The van der Waals surface area contributed by atoms with Crippen LogP contribution in [0.2, 0.25) is 0 Å². The number of benzene rings is 1. The molecule has 3 aromatic rings. The third-order valence-corrected chi connectivity index (χ3v) is 5.39. The van der Waals surface area contributed by atoms with Crippen LogP contribution in [0.15, 0.2) is 41.5 Å². The molecule has 1 saturated heterocycles. The van der Waals surface area contributed by atoms with E-state index in [1.165, 1.54) is 4.68 Å². The lowest BCUT2D eigenvalue weighted by molar-refractivity contribution is 0.0924. The molecule has 2 aromatic heterocycles. The fraction of sp³-hybridized carbons (Fsp3) is 0.350. The summed E-state index contributed by atoms with van der Waals surface area (Å²) in [6, 6.07) is 6.23. The molecule has 0 radical (unpaired) electrons. The van der Waals surface area contributed by atoms with E-state index >= 15 is 0 Å². The summed E-state index contributed by atoms with van der Waals surface area (Å²) in [6.45, 7) is 0.689. The lowest BCUT2D eigenvalue weighted by Crippen LogP contribution is -2.44. The molecule has 0 saturated carbocycles. The van der Waals surface area contributed by atoms with E-state index in [9.17, 15) is 9.59 Å². The molecular weight excluding hydrogens is 358 g/mol. The van der Waals surface area contributed by atoms with Crippen molar-refractivity contribution in [1.29, 1.82) is 0 Å². The highest BCUT2D eigenvalue weighted by atomic mass is 16.5. The second-order valence-corrected chi connectivity index (χ2v) is 7.20. The average molecular weight is 377 g/mol. The van der Waals surface area contributed by atoms with Gasteiger partial charge in [0.2, 0.25) is 0 Å². The molecule has 5 rings (SSSR count). The highest BCUT2D eigenvalue weighted by molar-refractivity contribution is 5.97. The van der Waals surface area contributed by atoms with Crippen LogP contribution < -0.4 is 10.9 Å². The molecule has 2 aliphatic rings. The topological polar surface area (TPSA) is 99.0 Å². The molecule has 1 aromatic carbocycles. The Kier molecular flexibility index (Phi) is 4.12. The van der Waals surface area contributed by atoms with E-state index in [1.807, 2.05) is 0 Å². The lowest BCUT2D eigenvalue weighted by atomic mass is 10.1. The Balaban J connectivity index is 1.40. The van der Waals surface area contributed by atoms with Gasteiger partial charge in [0.15, 0.2) is 0 Å².